The molecule has 2 amide bonds. The average Bonchev–Trinajstić information content (AvgIpc) is 3.31. The van der Waals surface area contributed by atoms with Gasteiger partial charge in [0.2, 0.25) is 5.91 Å². The highest BCUT2D eigenvalue weighted by Gasteiger charge is 2.27. The van der Waals surface area contributed by atoms with Crippen molar-refractivity contribution in [1.29, 1.82) is 5.26 Å². The van der Waals surface area contributed by atoms with Crippen molar-refractivity contribution >= 4 is 72.8 Å². The molecule has 6 nitrogen and oxygen atoms in total. The van der Waals surface area contributed by atoms with Gasteiger partial charge in [-0.3, -0.25) is 14.5 Å². The fraction of sp³-hybridized carbons (Fsp3) is 0.250. The maximum atomic E-state index is 13.0. The number of anilines is 1. The summed E-state index contributed by atoms with van der Waals surface area (Å²) in [5.41, 5.74) is 0.463. The van der Waals surface area contributed by atoms with Crippen molar-refractivity contribution in [3.8, 4) is 6.07 Å². The predicted octanol–water partition coefficient (Wildman–Crippen LogP) is 4.54. The fourth-order valence-electron chi connectivity index (χ4n) is 3.29. The van der Waals surface area contributed by atoms with Crippen molar-refractivity contribution in [2.45, 2.75) is 0 Å². The Balaban J connectivity index is 1.35. The number of carbonyl (C=O) groups is 2. The summed E-state index contributed by atoms with van der Waals surface area (Å²) in [7, 11) is 0. The number of carbonyl (C=O) groups excluding carboxylic acids is 2. The van der Waals surface area contributed by atoms with E-state index in [-0.39, 0.29) is 18.4 Å². The van der Waals surface area contributed by atoms with Crippen LogP contribution in [0, 0.1) is 11.3 Å². The Morgan fingerprint density at radius 3 is 2.67 bits per heavy atom. The molecule has 0 radical (unpaired) electrons. The minimum atomic E-state index is -0.168. The number of benzene rings is 1. The monoisotopic (exact) mass is 478 g/mol. The van der Waals surface area contributed by atoms with Crippen molar-refractivity contribution in [2.75, 3.05) is 38.0 Å². The average molecular weight is 479 g/mol. The highest BCUT2D eigenvalue weighted by atomic mass is 35.5. The van der Waals surface area contributed by atoms with Crippen LogP contribution < -0.4 is 5.32 Å². The normalized spacial score (nSPS) is 14.6. The van der Waals surface area contributed by atoms with E-state index in [9.17, 15) is 9.59 Å². The largest absolute Gasteiger partial charge is 0.335 e. The Labute approximate surface area is 191 Å². The zero-order chi connectivity index (χ0) is 21.3. The number of rotatable bonds is 4. The number of hydrogen-bond donors (Lipinski definition) is 1. The lowest BCUT2D eigenvalue weighted by Crippen LogP contribution is -2.50. The number of piperazine rings is 1. The summed E-state index contributed by atoms with van der Waals surface area (Å²) < 4.78 is 0.886. The molecule has 1 N–H and O–H groups in total. The van der Waals surface area contributed by atoms with Gasteiger partial charge in [-0.15, -0.1) is 22.7 Å². The van der Waals surface area contributed by atoms with E-state index in [0.717, 1.165) is 10.1 Å². The first-order chi connectivity index (χ1) is 14.5. The molecule has 3 aromatic rings. The van der Waals surface area contributed by atoms with Gasteiger partial charge >= 0.3 is 0 Å². The number of nitrogens with one attached hydrogen (secondary N) is 1. The van der Waals surface area contributed by atoms with Crippen LogP contribution in [0.4, 0.5) is 5.00 Å². The molecule has 10 heteroatoms. The first-order valence-corrected chi connectivity index (χ1v) is 11.6. The molecule has 1 saturated heterocycles. The molecule has 154 valence electrons. The number of halogens is 2. The second-order valence-electron chi connectivity index (χ2n) is 6.78. The smallest absolute Gasteiger partial charge is 0.265 e. The first-order valence-electron chi connectivity index (χ1n) is 9.13. The minimum absolute atomic E-state index is 0.0985. The van der Waals surface area contributed by atoms with Crippen LogP contribution in [0.15, 0.2) is 29.6 Å². The molecule has 0 aliphatic carbocycles. The van der Waals surface area contributed by atoms with Crippen LogP contribution in [0.2, 0.25) is 10.0 Å². The van der Waals surface area contributed by atoms with Gasteiger partial charge in [0.1, 0.15) is 15.9 Å². The van der Waals surface area contributed by atoms with Crippen molar-refractivity contribution in [3.05, 3.63) is 50.1 Å². The third-order valence-electron chi connectivity index (χ3n) is 4.85. The minimum Gasteiger partial charge on any atom is -0.335 e. The molecule has 30 heavy (non-hydrogen) atoms. The number of hydrogen-bond acceptors (Lipinski definition) is 6. The van der Waals surface area contributed by atoms with Gasteiger partial charge in [-0.2, -0.15) is 5.26 Å². The number of nitriles is 1. The molecule has 0 atom stereocenters. The second-order valence-corrected chi connectivity index (χ2v) is 9.56. The summed E-state index contributed by atoms with van der Waals surface area (Å²) in [6.07, 6.45) is 0. The van der Waals surface area contributed by atoms with Gasteiger partial charge in [-0.05, 0) is 23.6 Å². The topological polar surface area (TPSA) is 76.4 Å². The molecule has 0 saturated carbocycles. The lowest BCUT2D eigenvalue weighted by atomic mass is 10.2. The van der Waals surface area contributed by atoms with Gasteiger partial charge in [0, 0.05) is 41.3 Å². The number of amides is 2. The highest BCUT2D eigenvalue weighted by molar-refractivity contribution is 7.21. The number of fused-ring (bicyclic) bond motifs is 1. The molecule has 2 aromatic heterocycles. The summed E-state index contributed by atoms with van der Waals surface area (Å²) in [5.74, 6) is -0.267. The van der Waals surface area contributed by atoms with E-state index < -0.39 is 0 Å². The summed E-state index contributed by atoms with van der Waals surface area (Å²) in [6.45, 7) is 2.42. The quantitative estimate of drug-likeness (QED) is 0.596. The fourth-order valence-corrected chi connectivity index (χ4v) is 5.80. The van der Waals surface area contributed by atoms with Crippen LogP contribution in [0.5, 0.6) is 0 Å². The molecule has 1 aliphatic heterocycles. The lowest BCUT2D eigenvalue weighted by Gasteiger charge is -2.34. The Morgan fingerprint density at radius 1 is 1.17 bits per heavy atom. The zero-order valence-electron chi connectivity index (χ0n) is 15.7. The standard InChI is InChI=1S/C20H16Cl2N4O2S2/c21-13-1-2-14-15(9-13)30-18(17(14)22)20(28)26-6-4-25(5-7-26)11-16(27)24-19-12(10-23)3-8-29-19/h1-3,8-9H,4-7,11H2,(H,24,27). The van der Waals surface area contributed by atoms with Crippen LogP contribution in [0.1, 0.15) is 15.2 Å². The van der Waals surface area contributed by atoms with Crippen molar-refractivity contribution in [1.82, 2.24) is 9.80 Å². The van der Waals surface area contributed by atoms with E-state index in [1.54, 1.807) is 22.4 Å². The molecule has 1 aliphatic rings. The van der Waals surface area contributed by atoms with Crippen LogP contribution in [0.25, 0.3) is 10.1 Å². The lowest BCUT2D eigenvalue weighted by molar-refractivity contribution is -0.117. The Kier molecular flexibility index (Phi) is 6.27. The van der Waals surface area contributed by atoms with Crippen molar-refractivity contribution in [3.63, 3.8) is 0 Å². The van der Waals surface area contributed by atoms with Crippen LogP contribution in [-0.2, 0) is 4.79 Å². The molecular formula is C20H16Cl2N4O2S2. The summed E-state index contributed by atoms with van der Waals surface area (Å²) in [5, 5.41) is 16.1. The SMILES string of the molecule is N#Cc1ccsc1NC(=O)CN1CCN(C(=O)c2sc3cc(Cl)ccc3c2Cl)CC1. The maximum absolute atomic E-state index is 13.0. The maximum Gasteiger partial charge on any atom is 0.265 e. The van der Waals surface area contributed by atoms with Crippen molar-refractivity contribution < 1.29 is 9.59 Å². The van der Waals surface area contributed by atoms with E-state index in [0.29, 0.717) is 51.7 Å². The van der Waals surface area contributed by atoms with Gasteiger partial charge in [0.15, 0.2) is 0 Å². The molecule has 3 heterocycles. The van der Waals surface area contributed by atoms with Gasteiger partial charge in [0.25, 0.3) is 5.91 Å². The molecular weight excluding hydrogens is 463 g/mol. The Bertz CT molecular complexity index is 1160. The third kappa shape index (κ3) is 4.31. The van der Waals surface area contributed by atoms with E-state index in [4.69, 9.17) is 28.5 Å². The third-order valence-corrected chi connectivity index (χ3v) is 7.56. The van der Waals surface area contributed by atoms with Gasteiger partial charge in [-0.25, -0.2) is 0 Å². The van der Waals surface area contributed by atoms with Crippen LogP contribution in [0.3, 0.4) is 0 Å². The van der Waals surface area contributed by atoms with E-state index in [2.05, 4.69) is 11.4 Å². The van der Waals surface area contributed by atoms with Gasteiger partial charge < -0.3 is 10.2 Å². The molecule has 0 spiro atoms. The van der Waals surface area contributed by atoms with Crippen LogP contribution >= 0.6 is 45.9 Å². The second kappa shape index (κ2) is 8.92. The molecule has 0 unspecified atom stereocenters. The van der Waals surface area contributed by atoms with E-state index in [1.807, 2.05) is 17.0 Å². The Hall–Kier alpha value is -2.15. The highest BCUT2D eigenvalue weighted by Crippen LogP contribution is 2.37. The molecule has 1 fully saturated rings. The Morgan fingerprint density at radius 2 is 1.93 bits per heavy atom. The molecule has 0 bridgehead atoms. The number of thiophene rings is 2. The van der Waals surface area contributed by atoms with E-state index >= 15 is 0 Å². The number of nitrogens with zero attached hydrogens (tertiary/aromatic N) is 3. The van der Waals surface area contributed by atoms with Gasteiger partial charge in [-0.1, -0.05) is 29.3 Å². The molecule has 1 aromatic carbocycles. The van der Waals surface area contributed by atoms with Gasteiger partial charge in [0.05, 0.1) is 17.1 Å². The summed E-state index contributed by atoms with van der Waals surface area (Å²) in [4.78, 5) is 29.5. The predicted molar refractivity (Wildman–Crippen MR) is 122 cm³/mol. The molecule has 4 rings (SSSR count). The van der Waals surface area contributed by atoms with Crippen molar-refractivity contribution in [2.24, 2.45) is 0 Å². The summed E-state index contributed by atoms with van der Waals surface area (Å²) in [6, 6.07) is 9.13. The summed E-state index contributed by atoms with van der Waals surface area (Å²) >= 11 is 15.2. The van der Waals surface area contributed by atoms with E-state index in [1.165, 1.54) is 22.7 Å². The first kappa shape index (κ1) is 21.1. The zero-order valence-corrected chi connectivity index (χ0v) is 18.8. The van der Waals surface area contributed by atoms with Crippen LogP contribution in [-0.4, -0.2) is 54.3 Å².